The smallest absolute Gasteiger partial charge is 0.391 e. The first-order valence-corrected chi connectivity index (χ1v) is 8.28. The molecule has 126 valence electrons. The number of hydrogen-bond acceptors (Lipinski definition) is 3. The molecule has 0 aliphatic rings. The van der Waals surface area contributed by atoms with Crippen LogP contribution in [0, 0.1) is 5.41 Å². The van der Waals surface area contributed by atoms with E-state index in [0.717, 1.165) is 12.1 Å². The van der Waals surface area contributed by atoms with Crippen molar-refractivity contribution in [2.24, 2.45) is 5.41 Å². The molecule has 0 fully saturated rings. The van der Waals surface area contributed by atoms with Crippen molar-refractivity contribution in [1.82, 2.24) is 4.72 Å². The molecule has 2 N–H and O–H groups in total. The van der Waals surface area contributed by atoms with Crippen LogP contribution in [0.1, 0.15) is 31.9 Å². The van der Waals surface area contributed by atoms with E-state index in [9.17, 15) is 26.7 Å². The summed E-state index contributed by atoms with van der Waals surface area (Å²) in [5.74, 6) is -0.792. The number of aliphatic hydroxyl groups excluding tert-OH is 1. The van der Waals surface area contributed by atoms with E-state index in [1.54, 1.807) is 20.8 Å². The highest BCUT2D eigenvalue weighted by Gasteiger charge is 2.34. The zero-order valence-corrected chi connectivity index (χ0v) is 13.4. The summed E-state index contributed by atoms with van der Waals surface area (Å²) < 4.78 is 64.5. The van der Waals surface area contributed by atoms with E-state index in [-0.39, 0.29) is 12.1 Å². The summed E-state index contributed by atoms with van der Waals surface area (Å²) in [7, 11) is -3.98. The first-order chi connectivity index (χ1) is 9.83. The molecule has 1 aromatic rings. The molecule has 0 aliphatic carbocycles. The fourth-order valence-electron chi connectivity index (χ4n) is 1.69. The highest BCUT2D eigenvalue weighted by atomic mass is 32.2. The fraction of sp³-hybridized carbons (Fsp3) is 0.571. The molecule has 0 heterocycles. The van der Waals surface area contributed by atoms with Crippen LogP contribution in [0.15, 0.2) is 24.3 Å². The molecular weight excluding hydrogens is 319 g/mol. The molecule has 0 aliphatic heterocycles. The maximum absolute atomic E-state index is 12.8. The molecule has 0 saturated heterocycles. The van der Waals surface area contributed by atoms with Crippen LogP contribution >= 0.6 is 0 Å². The quantitative estimate of drug-likeness (QED) is 0.866. The van der Waals surface area contributed by atoms with E-state index < -0.39 is 39.0 Å². The first-order valence-electron chi connectivity index (χ1n) is 6.63. The third-order valence-corrected chi connectivity index (χ3v) is 4.46. The molecule has 0 aromatic heterocycles. The summed E-state index contributed by atoms with van der Waals surface area (Å²) in [5.41, 5.74) is -1.84. The van der Waals surface area contributed by atoms with Gasteiger partial charge in [0.25, 0.3) is 0 Å². The van der Waals surface area contributed by atoms with Gasteiger partial charge in [0.15, 0.2) is 0 Å². The zero-order chi connectivity index (χ0) is 17.2. The molecule has 0 amide bonds. The molecule has 0 saturated carbocycles. The van der Waals surface area contributed by atoms with Crippen molar-refractivity contribution in [1.29, 1.82) is 0 Å². The van der Waals surface area contributed by atoms with E-state index in [4.69, 9.17) is 0 Å². The van der Waals surface area contributed by atoms with Gasteiger partial charge in [-0.05, 0) is 17.0 Å². The summed E-state index contributed by atoms with van der Waals surface area (Å²) >= 11 is 0. The molecule has 22 heavy (non-hydrogen) atoms. The molecule has 0 bridgehead atoms. The number of nitrogens with one attached hydrogen (secondary N) is 1. The van der Waals surface area contributed by atoms with E-state index in [1.807, 2.05) is 0 Å². The molecular formula is C14H20F3NO3S. The van der Waals surface area contributed by atoms with Crippen LogP contribution in [0.3, 0.4) is 0 Å². The Hall–Kier alpha value is -1.12. The van der Waals surface area contributed by atoms with Gasteiger partial charge < -0.3 is 5.11 Å². The monoisotopic (exact) mass is 339 g/mol. The predicted molar refractivity (Wildman–Crippen MR) is 77.5 cm³/mol. The Morgan fingerprint density at radius 2 is 1.73 bits per heavy atom. The minimum atomic E-state index is -4.61. The van der Waals surface area contributed by atoms with Crippen molar-refractivity contribution in [2.75, 3.05) is 6.54 Å². The van der Waals surface area contributed by atoms with Crippen molar-refractivity contribution in [2.45, 2.75) is 38.8 Å². The Morgan fingerprint density at radius 3 is 2.23 bits per heavy atom. The van der Waals surface area contributed by atoms with Gasteiger partial charge in [-0.2, -0.15) is 13.2 Å². The number of aliphatic hydroxyl groups is 1. The van der Waals surface area contributed by atoms with Crippen LogP contribution in [-0.4, -0.2) is 26.2 Å². The lowest BCUT2D eigenvalue weighted by molar-refractivity contribution is -0.138. The van der Waals surface area contributed by atoms with Gasteiger partial charge in [0.05, 0.1) is 17.4 Å². The third kappa shape index (κ3) is 5.58. The maximum atomic E-state index is 12.8. The predicted octanol–water partition coefficient (Wildman–Crippen LogP) is 2.53. The molecule has 8 heteroatoms. The van der Waals surface area contributed by atoms with Gasteiger partial charge in [-0.3, -0.25) is 0 Å². The van der Waals surface area contributed by atoms with Gasteiger partial charge in [0.2, 0.25) is 10.0 Å². The van der Waals surface area contributed by atoms with E-state index in [1.165, 1.54) is 12.1 Å². The second kappa shape index (κ2) is 6.55. The Kier molecular flexibility index (Phi) is 5.64. The highest BCUT2D eigenvalue weighted by molar-refractivity contribution is 7.88. The topological polar surface area (TPSA) is 66.4 Å². The minimum Gasteiger partial charge on any atom is -0.391 e. The standard InChI is InChI=1S/C14H20F3NO3S/c1-13(2,3)12(19)8-18-22(20,21)9-10-6-4-5-7-11(10)14(15,16)17/h4-7,12,18-19H,8-9H2,1-3H3. The Morgan fingerprint density at radius 1 is 1.18 bits per heavy atom. The van der Waals surface area contributed by atoms with Crippen LogP contribution < -0.4 is 4.72 Å². The van der Waals surface area contributed by atoms with Gasteiger partial charge in [0.1, 0.15) is 0 Å². The van der Waals surface area contributed by atoms with Crippen LogP contribution in [-0.2, 0) is 22.0 Å². The van der Waals surface area contributed by atoms with Gasteiger partial charge in [-0.15, -0.1) is 0 Å². The van der Waals surface area contributed by atoms with E-state index in [0.29, 0.717) is 0 Å². The number of alkyl halides is 3. The summed E-state index contributed by atoms with van der Waals surface area (Å²) in [4.78, 5) is 0. The van der Waals surface area contributed by atoms with Crippen LogP contribution in [0.2, 0.25) is 0 Å². The number of rotatable bonds is 5. The molecule has 1 rings (SSSR count). The average molecular weight is 339 g/mol. The number of benzene rings is 1. The first kappa shape index (κ1) is 18.9. The fourth-order valence-corrected chi connectivity index (χ4v) is 2.87. The maximum Gasteiger partial charge on any atom is 0.416 e. The summed E-state index contributed by atoms with van der Waals surface area (Å²) in [6.45, 7) is 4.93. The van der Waals surface area contributed by atoms with Crippen molar-refractivity contribution < 1.29 is 26.7 Å². The lowest BCUT2D eigenvalue weighted by atomic mass is 9.89. The molecule has 0 radical (unpaired) electrons. The summed E-state index contributed by atoms with van der Waals surface area (Å²) in [6.07, 6.45) is -5.56. The van der Waals surface area contributed by atoms with Crippen LogP contribution in [0.5, 0.6) is 0 Å². The zero-order valence-electron chi connectivity index (χ0n) is 12.6. The van der Waals surface area contributed by atoms with Crippen LogP contribution in [0.4, 0.5) is 13.2 Å². The largest absolute Gasteiger partial charge is 0.416 e. The third-order valence-electron chi connectivity index (χ3n) is 3.16. The Labute approximate surface area is 128 Å². The average Bonchev–Trinajstić information content (AvgIpc) is 2.33. The van der Waals surface area contributed by atoms with Crippen molar-refractivity contribution >= 4 is 10.0 Å². The number of hydrogen-bond donors (Lipinski definition) is 2. The van der Waals surface area contributed by atoms with Gasteiger partial charge >= 0.3 is 6.18 Å². The number of halogens is 3. The van der Waals surface area contributed by atoms with Crippen molar-refractivity contribution in [3.63, 3.8) is 0 Å². The lowest BCUT2D eigenvalue weighted by Crippen LogP contribution is -2.39. The van der Waals surface area contributed by atoms with Gasteiger partial charge in [-0.25, -0.2) is 13.1 Å². The second-order valence-corrected chi connectivity index (χ2v) is 7.95. The molecule has 4 nitrogen and oxygen atoms in total. The molecule has 0 spiro atoms. The van der Waals surface area contributed by atoms with E-state index in [2.05, 4.69) is 4.72 Å². The number of sulfonamides is 1. The summed E-state index contributed by atoms with van der Waals surface area (Å²) in [5, 5.41) is 9.79. The molecule has 1 atom stereocenters. The Bertz CT molecular complexity index is 606. The highest BCUT2D eigenvalue weighted by Crippen LogP contribution is 2.32. The van der Waals surface area contributed by atoms with Crippen molar-refractivity contribution in [3.8, 4) is 0 Å². The second-order valence-electron chi connectivity index (χ2n) is 6.14. The molecule has 1 unspecified atom stereocenters. The minimum absolute atomic E-state index is 0.250. The normalized spacial score (nSPS) is 14.9. The summed E-state index contributed by atoms with van der Waals surface area (Å²) in [6, 6.07) is 4.52. The van der Waals surface area contributed by atoms with E-state index >= 15 is 0 Å². The van der Waals surface area contributed by atoms with Crippen molar-refractivity contribution in [3.05, 3.63) is 35.4 Å². The Balaban J connectivity index is 2.87. The van der Waals surface area contributed by atoms with Gasteiger partial charge in [-0.1, -0.05) is 39.0 Å². The lowest BCUT2D eigenvalue weighted by Gasteiger charge is -2.25. The van der Waals surface area contributed by atoms with Crippen LogP contribution in [0.25, 0.3) is 0 Å². The van der Waals surface area contributed by atoms with Gasteiger partial charge in [0, 0.05) is 6.54 Å². The SMILES string of the molecule is CC(C)(C)C(O)CNS(=O)(=O)Cc1ccccc1C(F)(F)F. The molecule has 1 aromatic carbocycles.